The molecule has 0 spiro atoms. The first-order valence-corrected chi connectivity index (χ1v) is 7.63. The third-order valence-corrected chi connectivity index (χ3v) is 4.42. The second kappa shape index (κ2) is 6.86. The number of hydrogen-bond acceptors (Lipinski definition) is 3. The Balaban J connectivity index is 1.92. The number of rotatable bonds is 5. The fourth-order valence-corrected chi connectivity index (χ4v) is 2.61. The Morgan fingerprint density at radius 2 is 1.90 bits per heavy atom. The number of ether oxygens (including phenoxy) is 1. The van der Waals surface area contributed by atoms with E-state index in [-0.39, 0.29) is 39.2 Å². The van der Waals surface area contributed by atoms with Gasteiger partial charge in [0.15, 0.2) is 6.61 Å². The van der Waals surface area contributed by atoms with E-state index in [9.17, 15) is 9.59 Å². The van der Waals surface area contributed by atoms with Crippen LogP contribution in [0.3, 0.4) is 0 Å². The van der Waals surface area contributed by atoms with Crippen molar-refractivity contribution in [1.82, 2.24) is 5.32 Å². The van der Waals surface area contributed by atoms with Crippen LogP contribution in [-0.2, 0) is 9.53 Å². The van der Waals surface area contributed by atoms with Crippen LogP contribution < -0.4 is 5.32 Å². The normalized spacial score (nSPS) is 15.4. The molecule has 114 valence electrons. The van der Waals surface area contributed by atoms with E-state index in [1.807, 2.05) is 6.92 Å². The van der Waals surface area contributed by atoms with Crippen molar-refractivity contribution < 1.29 is 14.3 Å². The summed E-state index contributed by atoms with van der Waals surface area (Å²) in [5.41, 5.74) is -0.0334. The van der Waals surface area contributed by atoms with Gasteiger partial charge in [0, 0.05) is 6.04 Å². The molecule has 0 heterocycles. The molecule has 0 aliphatic heterocycles. The van der Waals surface area contributed by atoms with Crippen molar-refractivity contribution in [2.45, 2.75) is 25.8 Å². The van der Waals surface area contributed by atoms with Gasteiger partial charge in [0.25, 0.3) is 5.91 Å². The lowest BCUT2D eigenvalue weighted by atomic mass is 10.2. The van der Waals surface area contributed by atoms with E-state index < -0.39 is 5.97 Å². The summed E-state index contributed by atoms with van der Waals surface area (Å²) >= 11 is 17.7. The number of esters is 1. The summed E-state index contributed by atoms with van der Waals surface area (Å²) in [6.45, 7) is 1.55. The van der Waals surface area contributed by atoms with Crippen LogP contribution in [0.2, 0.25) is 15.1 Å². The van der Waals surface area contributed by atoms with Crippen molar-refractivity contribution in [2.75, 3.05) is 6.61 Å². The third kappa shape index (κ3) is 4.25. The maximum Gasteiger partial charge on any atom is 0.341 e. The SMILES string of the molecule is C[C@H](NC(=O)COC(=O)c1c(Cl)ccc(Cl)c1Cl)C1CC1. The molecule has 1 saturated carbocycles. The molecule has 7 heteroatoms. The Morgan fingerprint density at radius 3 is 2.52 bits per heavy atom. The predicted molar refractivity (Wildman–Crippen MR) is 82.1 cm³/mol. The van der Waals surface area contributed by atoms with Crippen molar-refractivity contribution in [3.8, 4) is 0 Å². The Morgan fingerprint density at radius 1 is 1.29 bits per heavy atom. The van der Waals surface area contributed by atoms with Gasteiger partial charge in [0.1, 0.15) is 0 Å². The highest BCUT2D eigenvalue weighted by atomic mass is 35.5. The summed E-state index contributed by atoms with van der Waals surface area (Å²) in [7, 11) is 0. The lowest BCUT2D eigenvalue weighted by Gasteiger charge is -2.13. The van der Waals surface area contributed by atoms with Crippen LogP contribution in [0.4, 0.5) is 0 Å². The molecule has 0 unspecified atom stereocenters. The molecule has 0 bridgehead atoms. The minimum absolute atomic E-state index is 0.0147. The summed E-state index contributed by atoms with van der Waals surface area (Å²) < 4.78 is 4.93. The van der Waals surface area contributed by atoms with Crippen LogP contribution in [0.5, 0.6) is 0 Å². The smallest absolute Gasteiger partial charge is 0.341 e. The maximum atomic E-state index is 11.9. The predicted octanol–water partition coefficient (Wildman–Crippen LogP) is 3.72. The molecule has 0 aromatic heterocycles. The van der Waals surface area contributed by atoms with Crippen LogP contribution >= 0.6 is 34.8 Å². The second-order valence-electron chi connectivity index (χ2n) is 4.99. The van der Waals surface area contributed by atoms with Crippen LogP contribution in [0.25, 0.3) is 0 Å². The number of benzene rings is 1. The van der Waals surface area contributed by atoms with E-state index in [1.165, 1.54) is 12.1 Å². The Hall–Kier alpha value is -0.970. The first-order valence-electron chi connectivity index (χ1n) is 6.50. The van der Waals surface area contributed by atoms with Gasteiger partial charge in [-0.1, -0.05) is 34.8 Å². The van der Waals surface area contributed by atoms with E-state index in [4.69, 9.17) is 39.5 Å². The average molecular weight is 351 g/mol. The van der Waals surface area contributed by atoms with Crippen molar-refractivity contribution in [2.24, 2.45) is 5.92 Å². The molecule has 1 aromatic carbocycles. The van der Waals surface area contributed by atoms with Crippen LogP contribution in [0.15, 0.2) is 12.1 Å². The molecule has 1 aromatic rings. The molecule has 0 radical (unpaired) electrons. The second-order valence-corrected chi connectivity index (χ2v) is 6.18. The number of halogens is 3. The highest BCUT2D eigenvalue weighted by Crippen LogP contribution is 2.33. The van der Waals surface area contributed by atoms with Gasteiger partial charge in [0.05, 0.1) is 20.6 Å². The van der Waals surface area contributed by atoms with Gasteiger partial charge in [-0.05, 0) is 37.8 Å². The molecule has 0 saturated heterocycles. The van der Waals surface area contributed by atoms with Crippen molar-refractivity contribution >= 4 is 46.7 Å². The lowest BCUT2D eigenvalue weighted by Crippen LogP contribution is -2.37. The minimum Gasteiger partial charge on any atom is -0.452 e. The quantitative estimate of drug-likeness (QED) is 0.650. The summed E-state index contributed by atoms with van der Waals surface area (Å²) in [6, 6.07) is 3.02. The first kappa shape index (κ1) is 16.4. The maximum absolute atomic E-state index is 11.9. The summed E-state index contributed by atoms with van der Waals surface area (Å²) in [4.78, 5) is 23.6. The zero-order valence-corrected chi connectivity index (χ0v) is 13.6. The zero-order chi connectivity index (χ0) is 15.6. The molecule has 1 N–H and O–H groups in total. The number of hydrogen-bond donors (Lipinski definition) is 1. The Labute approximate surface area is 137 Å². The van der Waals surface area contributed by atoms with Gasteiger partial charge in [-0.3, -0.25) is 4.79 Å². The Kier molecular flexibility index (Phi) is 5.36. The lowest BCUT2D eigenvalue weighted by molar-refractivity contribution is -0.124. The molecular formula is C14H14Cl3NO3. The number of nitrogens with one attached hydrogen (secondary N) is 1. The first-order chi connectivity index (χ1) is 9.90. The fourth-order valence-electron chi connectivity index (χ4n) is 1.93. The van der Waals surface area contributed by atoms with E-state index in [1.54, 1.807) is 0 Å². The standard InChI is InChI=1S/C14H14Cl3NO3/c1-7(8-2-3-8)18-11(19)6-21-14(20)12-9(15)4-5-10(16)13(12)17/h4-5,7-8H,2-3,6H2,1H3,(H,18,19)/t7-/m0/s1. The van der Waals surface area contributed by atoms with E-state index in [0.717, 1.165) is 12.8 Å². The zero-order valence-electron chi connectivity index (χ0n) is 11.3. The highest BCUT2D eigenvalue weighted by Gasteiger charge is 2.29. The topological polar surface area (TPSA) is 55.4 Å². The average Bonchev–Trinajstić information content (AvgIpc) is 3.25. The molecule has 1 aliphatic rings. The van der Waals surface area contributed by atoms with Gasteiger partial charge in [0.2, 0.25) is 0 Å². The largest absolute Gasteiger partial charge is 0.452 e. The van der Waals surface area contributed by atoms with Crippen LogP contribution in [-0.4, -0.2) is 24.5 Å². The number of amides is 1. The van der Waals surface area contributed by atoms with E-state index >= 15 is 0 Å². The highest BCUT2D eigenvalue weighted by molar-refractivity contribution is 6.46. The number of carbonyl (C=O) groups excluding carboxylic acids is 2. The molecule has 21 heavy (non-hydrogen) atoms. The van der Waals surface area contributed by atoms with Gasteiger partial charge in [-0.2, -0.15) is 0 Å². The summed E-state index contributed by atoms with van der Waals surface area (Å²) in [5, 5.41) is 3.12. The molecule has 1 amide bonds. The molecule has 1 aliphatic carbocycles. The van der Waals surface area contributed by atoms with E-state index in [2.05, 4.69) is 5.32 Å². The summed E-state index contributed by atoms with van der Waals surface area (Å²) in [5.74, 6) is -0.597. The molecule has 1 atom stereocenters. The minimum atomic E-state index is -0.776. The van der Waals surface area contributed by atoms with Crippen molar-refractivity contribution in [3.05, 3.63) is 32.8 Å². The van der Waals surface area contributed by atoms with Crippen molar-refractivity contribution in [1.29, 1.82) is 0 Å². The van der Waals surface area contributed by atoms with Gasteiger partial charge >= 0.3 is 5.97 Å². The van der Waals surface area contributed by atoms with Crippen LogP contribution in [0.1, 0.15) is 30.1 Å². The van der Waals surface area contributed by atoms with Gasteiger partial charge in [-0.25, -0.2) is 4.79 Å². The fraction of sp³-hybridized carbons (Fsp3) is 0.429. The number of carbonyl (C=O) groups is 2. The van der Waals surface area contributed by atoms with Crippen molar-refractivity contribution in [3.63, 3.8) is 0 Å². The third-order valence-electron chi connectivity index (χ3n) is 3.30. The van der Waals surface area contributed by atoms with E-state index in [0.29, 0.717) is 5.92 Å². The van der Waals surface area contributed by atoms with Crippen LogP contribution in [0, 0.1) is 5.92 Å². The van der Waals surface area contributed by atoms with Gasteiger partial charge in [-0.15, -0.1) is 0 Å². The monoisotopic (exact) mass is 349 g/mol. The molecular weight excluding hydrogens is 337 g/mol. The molecule has 2 rings (SSSR count). The van der Waals surface area contributed by atoms with Gasteiger partial charge < -0.3 is 10.1 Å². The molecule has 4 nitrogen and oxygen atoms in total. The Bertz CT molecular complexity index is 573. The summed E-state index contributed by atoms with van der Waals surface area (Å²) in [6.07, 6.45) is 2.24. The molecule has 1 fully saturated rings.